The summed E-state index contributed by atoms with van der Waals surface area (Å²) in [6.45, 7) is -2.95. The van der Waals surface area contributed by atoms with E-state index < -0.39 is 6.61 Å². The summed E-state index contributed by atoms with van der Waals surface area (Å²) in [5, 5.41) is 0. The molecule has 0 aliphatic rings. The molecule has 94 valence electrons. The van der Waals surface area contributed by atoms with Gasteiger partial charge in [0.15, 0.2) is 0 Å². The Morgan fingerprint density at radius 1 is 1.22 bits per heavy atom. The van der Waals surface area contributed by atoms with Gasteiger partial charge >= 0.3 is 6.61 Å². The number of alkyl halides is 2. The fraction of sp³-hybridized carbons (Fsp3) is 0.0833. The summed E-state index contributed by atoms with van der Waals surface area (Å²) in [7, 11) is 0. The molecule has 0 atom stereocenters. The maximum atomic E-state index is 12.2. The molecule has 1 aromatic heterocycles. The van der Waals surface area contributed by atoms with Crippen molar-refractivity contribution < 1.29 is 18.3 Å². The summed E-state index contributed by atoms with van der Waals surface area (Å²) in [5.41, 5.74) is 0.132. The Balaban J connectivity index is 2.35. The van der Waals surface area contributed by atoms with E-state index in [9.17, 15) is 13.6 Å². The highest BCUT2D eigenvalue weighted by Crippen LogP contribution is 2.28. The number of thiophene rings is 1. The molecule has 0 amide bonds. The molecule has 0 N–H and O–H groups in total. The minimum absolute atomic E-state index is 0.109. The molecule has 6 heteroatoms. The smallest absolute Gasteiger partial charge is 0.387 e. The first-order chi connectivity index (χ1) is 8.58. The van der Waals surface area contributed by atoms with Gasteiger partial charge in [0, 0.05) is 0 Å². The first-order valence-corrected chi connectivity index (χ1v) is 6.53. The predicted octanol–water partition coefficient (Wildman–Crippen LogP) is 4.34. The third-order valence-corrected chi connectivity index (χ3v) is 3.77. The van der Waals surface area contributed by atoms with Crippen molar-refractivity contribution in [2.75, 3.05) is 0 Å². The zero-order valence-electron chi connectivity index (χ0n) is 8.90. The summed E-state index contributed by atoms with van der Waals surface area (Å²) in [6, 6.07) is 9.33. The summed E-state index contributed by atoms with van der Waals surface area (Å²) < 4.78 is 29.6. The highest BCUT2D eigenvalue weighted by Gasteiger charge is 2.18. The van der Waals surface area contributed by atoms with Crippen LogP contribution in [0.4, 0.5) is 8.78 Å². The molecule has 2 rings (SSSR count). The van der Waals surface area contributed by atoms with Gasteiger partial charge in [-0.2, -0.15) is 8.78 Å². The van der Waals surface area contributed by atoms with E-state index in [1.54, 1.807) is 24.3 Å². The largest absolute Gasteiger partial charge is 0.434 e. The molecular formula is C12H7BrF2O2S. The number of hydrogen-bond donors (Lipinski definition) is 0. The van der Waals surface area contributed by atoms with E-state index in [1.165, 1.54) is 23.5 Å². The van der Waals surface area contributed by atoms with E-state index in [0.29, 0.717) is 4.88 Å². The van der Waals surface area contributed by atoms with E-state index in [1.807, 2.05) is 0 Å². The van der Waals surface area contributed by atoms with Crippen molar-refractivity contribution in [3.63, 3.8) is 0 Å². The molecule has 0 spiro atoms. The zero-order chi connectivity index (χ0) is 13.1. The molecule has 2 aromatic rings. The number of para-hydroxylation sites is 1. The first-order valence-electron chi connectivity index (χ1n) is 4.92. The minimum atomic E-state index is -2.95. The molecule has 1 heterocycles. The van der Waals surface area contributed by atoms with Gasteiger partial charge < -0.3 is 4.74 Å². The monoisotopic (exact) mass is 332 g/mol. The lowest BCUT2D eigenvalue weighted by Gasteiger charge is -2.08. The summed E-state index contributed by atoms with van der Waals surface area (Å²) in [5.74, 6) is -0.441. The average molecular weight is 333 g/mol. The van der Waals surface area contributed by atoms with Gasteiger partial charge in [-0.25, -0.2) is 0 Å². The lowest BCUT2D eigenvalue weighted by atomic mass is 10.1. The van der Waals surface area contributed by atoms with Crippen LogP contribution in [0.5, 0.6) is 5.75 Å². The lowest BCUT2D eigenvalue weighted by Crippen LogP contribution is -2.07. The molecule has 0 unspecified atom stereocenters. The van der Waals surface area contributed by atoms with Crippen LogP contribution in [0.1, 0.15) is 15.2 Å². The number of benzene rings is 1. The van der Waals surface area contributed by atoms with Gasteiger partial charge in [-0.05, 0) is 40.2 Å². The van der Waals surface area contributed by atoms with Crippen LogP contribution in [0.3, 0.4) is 0 Å². The van der Waals surface area contributed by atoms with E-state index in [0.717, 1.165) is 3.79 Å². The van der Waals surface area contributed by atoms with Crippen LogP contribution in [-0.2, 0) is 0 Å². The van der Waals surface area contributed by atoms with Crippen LogP contribution in [0, 0.1) is 0 Å². The number of ether oxygens (including phenoxy) is 1. The third-order valence-electron chi connectivity index (χ3n) is 2.14. The predicted molar refractivity (Wildman–Crippen MR) is 68.5 cm³/mol. The van der Waals surface area contributed by atoms with E-state index in [2.05, 4.69) is 20.7 Å². The quantitative estimate of drug-likeness (QED) is 0.778. The van der Waals surface area contributed by atoms with E-state index in [-0.39, 0.29) is 17.1 Å². The number of halogens is 3. The Bertz CT molecular complexity index is 569. The highest BCUT2D eigenvalue weighted by molar-refractivity contribution is 9.11. The average Bonchev–Trinajstić information content (AvgIpc) is 2.75. The van der Waals surface area contributed by atoms with Crippen LogP contribution in [0.2, 0.25) is 0 Å². The van der Waals surface area contributed by atoms with Crippen LogP contribution in [-0.4, -0.2) is 12.4 Å². The normalized spacial score (nSPS) is 10.7. The standard InChI is InChI=1S/C12H7BrF2O2S/c13-10-6-5-9(18-10)11(16)7-3-1-2-4-8(7)17-12(14)15/h1-6,12H. The van der Waals surface area contributed by atoms with Crippen LogP contribution < -0.4 is 4.74 Å². The maximum absolute atomic E-state index is 12.2. The van der Waals surface area contributed by atoms with E-state index in [4.69, 9.17) is 0 Å². The Kier molecular flexibility index (Phi) is 4.08. The van der Waals surface area contributed by atoms with Crippen molar-refractivity contribution in [3.05, 3.63) is 50.6 Å². The second-order valence-corrected chi connectivity index (χ2v) is 5.77. The van der Waals surface area contributed by atoms with Gasteiger partial charge in [0.2, 0.25) is 5.78 Å². The fourth-order valence-corrected chi connectivity index (χ4v) is 2.76. The second kappa shape index (κ2) is 5.58. The van der Waals surface area contributed by atoms with Crippen molar-refractivity contribution in [1.29, 1.82) is 0 Å². The van der Waals surface area contributed by atoms with Gasteiger partial charge in [-0.1, -0.05) is 12.1 Å². The molecule has 18 heavy (non-hydrogen) atoms. The molecule has 0 aliphatic carbocycles. The summed E-state index contributed by atoms with van der Waals surface area (Å²) in [4.78, 5) is 12.6. The number of carbonyl (C=O) groups excluding carboxylic acids is 1. The molecule has 2 nitrogen and oxygen atoms in total. The van der Waals surface area contributed by atoms with Crippen molar-refractivity contribution >= 4 is 33.0 Å². The van der Waals surface area contributed by atoms with Gasteiger partial charge in [0.1, 0.15) is 5.75 Å². The molecule has 0 aliphatic heterocycles. The summed E-state index contributed by atoms with van der Waals surface area (Å²) in [6.07, 6.45) is 0. The maximum Gasteiger partial charge on any atom is 0.387 e. The molecule has 0 saturated carbocycles. The molecule has 0 bridgehead atoms. The van der Waals surface area contributed by atoms with Gasteiger partial charge in [-0.15, -0.1) is 11.3 Å². The lowest BCUT2D eigenvalue weighted by molar-refractivity contribution is -0.0501. The number of carbonyl (C=O) groups is 1. The SMILES string of the molecule is O=C(c1ccc(Br)s1)c1ccccc1OC(F)F. The molecule has 1 aromatic carbocycles. The summed E-state index contributed by atoms with van der Waals surface area (Å²) >= 11 is 4.49. The Morgan fingerprint density at radius 3 is 2.56 bits per heavy atom. The van der Waals surface area contributed by atoms with Crippen molar-refractivity contribution in [2.45, 2.75) is 6.61 Å². The Labute approximate surface area is 114 Å². The van der Waals surface area contributed by atoms with Crippen molar-refractivity contribution in [2.24, 2.45) is 0 Å². The molecule has 0 radical (unpaired) electrons. The van der Waals surface area contributed by atoms with E-state index >= 15 is 0 Å². The molecule has 0 saturated heterocycles. The number of hydrogen-bond acceptors (Lipinski definition) is 3. The van der Waals surface area contributed by atoms with Crippen LogP contribution in [0.25, 0.3) is 0 Å². The van der Waals surface area contributed by atoms with Gasteiger partial charge in [-0.3, -0.25) is 4.79 Å². The first kappa shape index (κ1) is 13.2. The third kappa shape index (κ3) is 2.94. The Morgan fingerprint density at radius 2 is 1.94 bits per heavy atom. The molecular weight excluding hydrogens is 326 g/mol. The highest BCUT2D eigenvalue weighted by atomic mass is 79.9. The fourth-order valence-electron chi connectivity index (χ4n) is 1.42. The molecule has 0 fully saturated rings. The zero-order valence-corrected chi connectivity index (χ0v) is 11.3. The van der Waals surface area contributed by atoms with Gasteiger partial charge in [0.05, 0.1) is 14.2 Å². The van der Waals surface area contributed by atoms with Crippen LogP contribution in [0.15, 0.2) is 40.2 Å². The minimum Gasteiger partial charge on any atom is -0.434 e. The van der Waals surface area contributed by atoms with Crippen molar-refractivity contribution in [1.82, 2.24) is 0 Å². The van der Waals surface area contributed by atoms with Gasteiger partial charge in [0.25, 0.3) is 0 Å². The van der Waals surface area contributed by atoms with Crippen LogP contribution >= 0.6 is 27.3 Å². The topological polar surface area (TPSA) is 26.3 Å². The second-order valence-electron chi connectivity index (χ2n) is 3.31. The number of ketones is 1. The Hall–Kier alpha value is -1.27. The number of rotatable bonds is 4. The van der Waals surface area contributed by atoms with Crippen molar-refractivity contribution in [3.8, 4) is 5.75 Å².